The highest BCUT2D eigenvalue weighted by molar-refractivity contribution is 8.00. The van der Waals surface area contributed by atoms with Crippen molar-refractivity contribution in [3.05, 3.63) is 41.2 Å². The van der Waals surface area contributed by atoms with Crippen LogP contribution in [0.2, 0.25) is 0 Å². The molecule has 192 valence electrons. The molecule has 4 rings (SSSR count). The molecule has 0 aliphatic carbocycles. The highest BCUT2D eigenvalue weighted by Crippen LogP contribution is 2.39. The Bertz CT molecular complexity index is 1150. The largest absolute Gasteiger partial charge is 0.348 e. The average molecular weight is 514 g/mol. The Labute approximate surface area is 213 Å². The van der Waals surface area contributed by atoms with E-state index >= 15 is 0 Å². The second-order valence-electron chi connectivity index (χ2n) is 9.65. The fourth-order valence-corrected chi connectivity index (χ4v) is 5.50. The molecule has 3 heterocycles. The minimum absolute atomic E-state index is 0.129. The number of carbonyl (C=O) groups excluding carboxylic acids is 4. The molecule has 0 radical (unpaired) electrons. The van der Waals surface area contributed by atoms with Crippen LogP contribution in [0.1, 0.15) is 50.4 Å². The van der Waals surface area contributed by atoms with E-state index in [0.29, 0.717) is 30.8 Å². The van der Waals surface area contributed by atoms with E-state index in [9.17, 15) is 19.2 Å². The number of amides is 4. The van der Waals surface area contributed by atoms with Crippen molar-refractivity contribution in [3.8, 4) is 0 Å². The summed E-state index contributed by atoms with van der Waals surface area (Å²) in [5.41, 5.74) is 3.32. The van der Waals surface area contributed by atoms with Gasteiger partial charge in [0.1, 0.15) is 17.8 Å². The first kappa shape index (κ1) is 25.7. The summed E-state index contributed by atoms with van der Waals surface area (Å²) in [6.07, 6.45) is 3.18. The van der Waals surface area contributed by atoms with E-state index in [1.807, 2.05) is 32.0 Å². The maximum Gasteiger partial charge on any atom is 0.250 e. The number of H-pyrrole nitrogens is 1. The topological polar surface area (TPSA) is 149 Å². The number of benzene rings is 1. The molecule has 1 aromatic heterocycles. The summed E-state index contributed by atoms with van der Waals surface area (Å²) >= 11 is 1.46. The van der Waals surface area contributed by atoms with Crippen LogP contribution in [0.15, 0.2) is 24.4 Å². The SMILES string of the molecule is CC(=O)NCSC(C)(C)CC(=O)N[C@H]1CCc2cccc3c2N(C1=O)[C@H](C(=O)NCc1cn[nH]n1)C3. The highest BCUT2D eigenvalue weighted by Gasteiger charge is 2.44. The summed E-state index contributed by atoms with van der Waals surface area (Å²) in [4.78, 5) is 52.5. The zero-order valence-corrected chi connectivity index (χ0v) is 21.4. The first-order valence-electron chi connectivity index (χ1n) is 11.9. The van der Waals surface area contributed by atoms with Crippen molar-refractivity contribution in [2.75, 3.05) is 10.8 Å². The molecular formula is C24H31N7O4S. The molecule has 0 saturated heterocycles. The summed E-state index contributed by atoms with van der Waals surface area (Å²) in [5, 5.41) is 18.7. The second-order valence-corrected chi connectivity index (χ2v) is 11.3. The van der Waals surface area contributed by atoms with Crippen LogP contribution in [-0.4, -0.2) is 61.7 Å². The zero-order chi connectivity index (χ0) is 25.9. The molecule has 11 nitrogen and oxygen atoms in total. The Morgan fingerprint density at radius 1 is 1.22 bits per heavy atom. The number of para-hydroxylation sites is 1. The van der Waals surface area contributed by atoms with E-state index in [-0.39, 0.29) is 36.6 Å². The van der Waals surface area contributed by atoms with Crippen molar-refractivity contribution < 1.29 is 19.2 Å². The maximum absolute atomic E-state index is 13.7. The second kappa shape index (κ2) is 10.7. The number of hydrogen-bond acceptors (Lipinski definition) is 7. The smallest absolute Gasteiger partial charge is 0.250 e. The Hall–Kier alpha value is -3.41. The van der Waals surface area contributed by atoms with E-state index in [0.717, 1.165) is 16.8 Å². The Kier molecular flexibility index (Phi) is 7.62. The lowest BCUT2D eigenvalue weighted by molar-refractivity contribution is -0.129. The molecule has 36 heavy (non-hydrogen) atoms. The lowest BCUT2D eigenvalue weighted by Gasteiger charge is -2.29. The van der Waals surface area contributed by atoms with Crippen LogP contribution in [0.4, 0.5) is 5.69 Å². The minimum atomic E-state index is -0.738. The van der Waals surface area contributed by atoms with Gasteiger partial charge in [-0.2, -0.15) is 15.4 Å². The summed E-state index contributed by atoms with van der Waals surface area (Å²) in [6.45, 7) is 5.49. The molecule has 0 saturated carbocycles. The summed E-state index contributed by atoms with van der Waals surface area (Å²) in [6, 6.07) is 4.42. The standard InChI is InChI=1S/C24H31N7O4S/c1-14(32)26-13-36-24(2,3)10-20(33)28-18-8-7-15-5-4-6-16-9-19(31(21(15)16)23(18)35)22(34)25-11-17-12-27-30-29-17/h4-6,12,18-19H,7-11,13H2,1-3H3,(H,25,34)(H,26,32)(H,28,33)(H,27,29,30)/t18-,19-/m0/s1. The third kappa shape index (κ3) is 5.86. The Balaban J connectivity index is 1.46. The normalized spacial score (nSPS) is 18.9. The highest BCUT2D eigenvalue weighted by atomic mass is 32.2. The van der Waals surface area contributed by atoms with E-state index < -0.39 is 16.8 Å². The van der Waals surface area contributed by atoms with Crippen molar-refractivity contribution in [1.29, 1.82) is 0 Å². The minimum Gasteiger partial charge on any atom is -0.348 e. The van der Waals surface area contributed by atoms with Crippen molar-refractivity contribution in [2.45, 2.75) is 69.8 Å². The van der Waals surface area contributed by atoms with Crippen LogP contribution in [0.3, 0.4) is 0 Å². The number of carbonyl (C=O) groups is 4. The molecule has 1 aromatic carbocycles. The lowest BCUT2D eigenvalue weighted by atomic mass is 10.0. The molecule has 2 aliphatic rings. The molecule has 2 aliphatic heterocycles. The quantitative estimate of drug-likeness (QED) is 0.363. The molecule has 4 N–H and O–H groups in total. The van der Waals surface area contributed by atoms with Gasteiger partial charge in [-0.05, 0) is 24.0 Å². The molecule has 0 fully saturated rings. The third-order valence-electron chi connectivity index (χ3n) is 6.32. The van der Waals surface area contributed by atoms with Crippen molar-refractivity contribution in [2.24, 2.45) is 0 Å². The zero-order valence-electron chi connectivity index (χ0n) is 20.6. The number of rotatable bonds is 9. The van der Waals surface area contributed by atoms with Crippen LogP contribution < -0.4 is 20.9 Å². The fraction of sp³-hybridized carbons (Fsp3) is 0.500. The van der Waals surface area contributed by atoms with Crippen LogP contribution in [0.5, 0.6) is 0 Å². The van der Waals surface area contributed by atoms with Gasteiger partial charge in [-0.25, -0.2) is 0 Å². The van der Waals surface area contributed by atoms with Crippen LogP contribution in [0.25, 0.3) is 0 Å². The molecule has 0 bridgehead atoms. The number of aromatic amines is 1. The van der Waals surface area contributed by atoms with Crippen LogP contribution in [0, 0.1) is 0 Å². The van der Waals surface area contributed by atoms with Gasteiger partial charge in [-0.1, -0.05) is 32.0 Å². The van der Waals surface area contributed by atoms with Gasteiger partial charge in [0.25, 0.3) is 0 Å². The van der Waals surface area contributed by atoms with Crippen molar-refractivity contribution >= 4 is 41.1 Å². The van der Waals surface area contributed by atoms with E-state index in [1.54, 1.807) is 4.90 Å². The van der Waals surface area contributed by atoms with Crippen molar-refractivity contribution in [1.82, 2.24) is 31.4 Å². The maximum atomic E-state index is 13.7. The molecular weight excluding hydrogens is 482 g/mol. The van der Waals surface area contributed by atoms with Gasteiger partial charge in [-0.15, -0.1) is 11.8 Å². The summed E-state index contributed by atoms with van der Waals surface area (Å²) in [7, 11) is 0. The summed E-state index contributed by atoms with van der Waals surface area (Å²) < 4.78 is -0.437. The first-order chi connectivity index (χ1) is 17.1. The van der Waals surface area contributed by atoms with Gasteiger partial charge in [-0.3, -0.25) is 24.1 Å². The predicted molar refractivity (Wildman–Crippen MR) is 135 cm³/mol. The van der Waals surface area contributed by atoms with E-state index in [4.69, 9.17) is 0 Å². The third-order valence-corrected chi connectivity index (χ3v) is 7.54. The number of anilines is 1. The number of hydrogen-bond donors (Lipinski definition) is 4. The molecule has 0 unspecified atom stereocenters. The summed E-state index contributed by atoms with van der Waals surface area (Å²) in [5.74, 6) is -0.537. The van der Waals surface area contributed by atoms with Crippen LogP contribution in [-0.2, 0) is 38.6 Å². The molecule has 0 spiro atoms. The first-order valence-corrected chi connectivity index (χ1v) is 12.9. The predicted octanol–water partition coefficient (Wildman–Crippen LogP) is 0.805. The lowest BCUT2D eigenvalue weighted by Crippen LogP contribution is -2.54. The number of aromatic nitrogens is 3. The van der Waals surface area contributed by atoms with Crippen LogP contribution >= 0.6 is 11.8 Å². The van der Waals surface area contributed by atoms with Gasteiger partial charge in [0.2, 0.25) is 23.6 Å². The molecule has 12 heteroatoms. The number of aryl methyl sites for hydroxylation is 1. The van der Waals surface area contributed by atoms with Gasteiger partial charge in [0.05, 0.1) is 24.3 Å². The van der Waals surface area contributed by atoms with Crippen molar-refractivity contribution in [3.63, 3.8) is 0 Å². The number of nitrogens with zero attached hydrogens (tertiary/aromatic N) is 3. The molecule has 4 amide bonds. The van der Waals surface area contributed by atoms with Gasteiger partial charge in [0.15, 0.2) is 0 Å². The Morgan fingerprint density at radius 2 is 2.00 bits per heavy atom. The molecule has 2 atom stereocenters. The van der Waals surface area contributed by atoms with Gasteiger partial charge in [0, 0.05) is 24.5 Å². The van der Waals surface area contributed by atoms with Gasteiger partial charge >= 0.3 is 0 Å². The number of thioether (sulfide) groups is 1. The fourth-order valence-electron chi connectivity index (χ4n) is 4.60. The number of nitrogens with one attached hydrogen (secondary N) is 4. The van der Waals surface area contributed by atoms with E-state index in [2.05, 4.69) is 31.4 Å². The average Bonchev–Trinajstić information content (AvgIpc) is 3.44. The van der Waals surface area contributed by atoms with Gasteiger partial charge < -0.3 is 16.0 Å². The Morgan fingerprint density at radius 3 is 2.72 bits per heavy atom. The monoisotopic (exact) mass is 513 g/mol. The van der Waals surface area contributed by atoms with E-state index in [1.165, 1.54) is 24.9 Å². The molecule has 2 aromatic rings.